The SMILES string of the molecule is CC1=C(C)C[C@@]2(C)CC(=O)CC[C@@H]2C1. The standard InChI is InChI=1S/C13H20O/c1-9-6-11-4-5-12(14)8-13(11,3)7-10(9)2/h11H,4-8H2,1-3H3/t11-,13+/m1/s1. The third-order valence-electron chi connectivity index (χ3n) is 4.31. The maximum atomic E-state index is 11.5. The van der Waals surface area contributed by atoms with E-state index in [1.54, 1.807) is 5.57 Å². The Balaban J connectivity index is 2.26. The average Bonchev–Trinajstić information content (AvgIpc) is 2.07. The quantitative estimate of drug-likeness (QED) is 0.537. The number of Topliss-reactive ketones (excluding diaryl/α,β-unsaturated/α-hetero) is 1. The fraction of sp³-hybridized carbons (Fsp3) is 0.769. The first-order chi connectivity index (χ1) is 6.51. The molecule has 14 heavy (non-hydrogen) atoms. The molecular formula is C13H20O. The van der Waals surface area contributed by atoms with Crippen LogP contribution in [0.5, 0.6) is 0 Å². The van der Waals surface area contributed by atoms with Crippen LogP contribution in [-0.4, -0.2) is 5.78 Å². The molecule has 2 atom stereocenters. The summed E-state index contributed by atoms with van der Waals surface area (Å²) >= 11 is 0. The second-order valence-electron chi connectivity index (χ2n) is 5.55. The number of ketones is 1. The molecule has 78 valence electrons. The minimum Gasteiger partial charge on any atom is -0.300 e. The second-order valence-corrected chi connectivity index (χ2v) is 5.55. The van der Waals surface area contributed by atoms with Crippen molar-refractivity contribution in [3.8, 4) is 0 Å². The lowest BCUT2D eigenvalue weighted by Crippen LogP contribution is -2.37. The highest BCUT2D eigenvalue weighted by Crippen LogP contribution is 2.50. The lowest BCUT2D eigenvalue weighted by Gasteiger charge is -2.45. The van der Waals surface area contributed by atoms with Crippen molar-refractivity contribution in [2.75, 3.05) is 0 Å². The summed E-state index contributed by atoms with van der Waals surface area (Å²) < 4.78 is 0. The molecule has 0 N–H and O–H groups in total. The molecule has 0 aromatic carbocycles. The Morgan fingerprint density at radius 2 is 1.93 bits per heavy atom. The van der Waals surface area contributed by atoms with Gasteiger partial charge in [-0.25, -0.2) is 0 Å². The van der Waals surface area contributed by atoms with E-state index in [2.05, 4.69) is 20.8 Å². The van der Waals surface area contributed by atoms with Gasteiger partial charge in [-0.3, -0.25) is 4.79 Å². The molecule has 0 radical (unpaired) electrons. The van der Waals surface area contributed by atoms with Crippen molar-refractivity contribution < 1.29 is 4.79 Å². The molecule has 0 aliphatic heterocycles. The molecule has 1 fully saturated rings. The van der Waals surface area contributed by atoms with Gasteiger partial charge in [-0.15, -0.1) is 0 Å². The third kappa shape index (κ3) is 1.53. The largest absolute Gasteiger partial charge is 0.300 e. The topological polar surface area (TPSA) is 17.1 Å². The van der Waals surface area contributed by atoms with Gasteiger partial charge in [-0.05, 0) is 44.4 Å². The Morgan fingerprint density at radius 1 is 1.21 bits per heavy atom. The molecule has 2 aliphatic carbocycles. The summed E-state index contributed by atoms with van der Waals surface area (Å²) in [5, 5.41) is 0. The minimum absolute atomic E-state index is 0.291. The van der Waals surface area contributed by atoms with Crippen LogP contribution in [0.2, 0.25) is 0 Å². The summed E-state index contributed by atoms with van der Waals surface area (Å²) in [7, 11) is 0. The van der Waals surface area contributed by atoms with Gasteiger partial charge in [-0.1, -0.05) is 18.1 Å². The van der Waals surface area contributed by atoms with Crippen molar-refractivity contribution in [3.05, 3.63) is 11.1 Å². The monoisotopic (exact) mass is 192 g/mol. The van der Waals surface area contributed by atoms with E-state index in [-0.39, 0.29) is 0 Å². The molecule has 0 aromatic heterocycles. The molecule has 2 rings (SSSR count). The van der Waals surface area contributed by atoms with E-state index in [1.165, 1.54) is 12.0 Å². The molecule has 0 heterocycles. The van der Waals surface area contributed by atoms with Gasteiger partial charge < -0.3 is 0 Å². The number of hydrogen-bond acceptors (Lipinski definition) is 1. The first kappa shape index (κ1) is 9.95. The van der Waals surface area contributed by atoms with Crippen LogP contribution in [0, 0.1) is 11.3 Å². The van der Waals surface area contributed by atoms with E-state index in [4.69, 9.17) is 0 Å². The predicted molar refractivity (Wildman–Crippen MR) is 58.1 cm³/mol. The molecule has 0 spiro atoms. The molecule has 2 aliphatic rings. The van der Waals surface area contributed by atoms with Crippen molar-refractivity contribution >= 4 is 5.78 Å². The molecule has 0 amide bonds. The fourth-order valence-electron chi connectivity index (χ4n) is 3.22. The summed E-state index contributed by atoms with van der Waals surface area (Å²) in [6.07, 6.45) is 5.15. The van der Waals surface area contributed by atoms with Gasteiger partial charge in [0.1, 0.15) is 5.78 Å². The van der Waals surface area contributed by atoms with Crippen molar-refractivity contribution in [3.63, 3.8) is 0 Å². The maximum absolute atomic E-state index is 11.5. The third-order valence-corrected chi connectivity index (χ3v) is 4.31. The van der Waals surface area contributed by atoms with Gasteiger partial charge >= 0.3 is 0 Å². The fourth-order valence-corrected chi connectivity index (χ4v) is 3.22. The summed E-state index contributed by atoms with van der Waals surface area (Å²) in [5.41, 5.74) is 3.39. The van der Waals surface area contributed by atoms with Gasteiger partial charge in [0.05, 0.1) is 0 Å². The van der Waals surface area contributed by atoms with E-state index in [1.807, 2.05) is 0 Å². The number of hydrogen-bond donors (Lipinski definition) is 0. The summed E-state index contributed by atoms with van der Waals surface area (Å²) in [4.78, 5) is 11.5. The van der Waals surface area contributed by atoms with E-state index < -0.39 is 0 Å². The first-order valence-electron chi connectivity index (χ1n) is 5.68. The minimum atomic E-state index is 0.291. The summed E-state index contributed by atoms with van der Waals surface area (Å²) in [6.45, 7) is 6.80. The highest BCUT2D eigenvalue weighted by molar-refractivity contribution is 5.80. The molecule has 1 heteroatoms. The highest BCUT2D eigenvalue weighted by atomic mass is 16.1. The van der Waals surface area contributed by atoms with Gasteiger partial charge in [0.25, 0.3) is 0 Å². The van der Waals surface area contributed by atoms with Crippen LogP contribution >= 0.6 is 0 Å². The molecule has 0 saturated heterocycles. The van der Waals surface area contributed by atoms with Crippen LogP contribution in [0.15, 0.2) is 11.1 Å². The van der Waals surface area contributed by atoms with Crippen molar-refractivity contribution in [1.29, 1.82) is 0 Å². The zero-order chi connectivity index (χ0) is 10.3. The van der Waals surface area contributed by atoms with Crippen molar-refractivity contribution in [2.24, 2.45) is 11.3 Å². The van der Waals surface area contributed by atoms with Gasteiger partial charge in [0.2, 0.25) is 0 Å². The zero-order valence-corrected chi connectivity index (χ0v) is 9.52. The van der Waals surface area contributed by atoms with Crippen molar-refractivity contribution in [2.45, 2.75) is 52.9 Å². The van der Waals surface area contributed by atoms with Crippen LogP contribution in [0.25, 0.3) is 0 Å². The van der Waals surface area contributed by atoms with Gasteiger partial charge in [0.15, 0.2) is 0 Å². The Bertz CT molecular complexity index is 300. The number of rotatable bonds is 0. The predicted octanol–water partition coefficient (Wildman–Crippen LogP) is 3.49. The number of carbonyl (C=O) groups excluding carboxylic acids is 1. The lowest BCUT2D eigenvalue weighted by molar-refractivity contribution is -0.125. The maximum Gasteiger partial charge on any atom is 0.133 e. The van der Waals surface area contributed by atoms with Gasteiger partial charge in [0, 0.05) is 12.8 Å². The summed E-state index contributed by atoms with van der Waals surface area (Å²) in [5.74, 6) is 1.25. The highest BCUT2D eigenvalue weighted by Gasteiger charge is 2.42. The Kier molecular flexibility index (Phi) is 2.29. The smallest absolute Gasteiger partial charge is 0.133 e. The van der Waals surface area contributed by atoms with E-state index in [0.29, 0.717) is 11.2 Å². The average molecular weight is 192 g/mol. The van der Waals surface area contributed by atoms with Crippen LogP contribution in [0.1, 0.15) is 52.9 Å². The Morgan fingerprint density at radius 3 is 2.64 bits per heavy atom. The van der Waals surface area contributed by atoms with E-state index in [9.17, 15) is 4.79 Å². The number of fused-ring (bicyclic) bond motifs is 1. The molecule has 0 unspecified atom stereocenters. The molecular weight excluding hydrogens is 172 g/mol. The second kappa shape index (κ2) is 3.22. The molecule has 0 bridgehead atoms. The summed E-state index contributed by atoms with van der Waals surface area (Å²) in [6, 6.07) is 0. The van der Waals surface area contributed by atoms with E-state index in [0.717, 1.165) is 31.6 Å². The number of allylic oxidation sites excluding steroid dienone is 2. The molecule has 1 nitrogen and oxygen atoms in total. The van der Waals surface area contributed by atoms with Crippen LogP contribution in [-0.2, 0) is 4.79 Å². The van der Waals surface area contributed by atoms with Crippen molar-refractivity contribution in [1.82, 2.24) is 0 Å². The molecule has 1 saturated carbocycles. The van der Waals surface area contributed by atoms with Crippen LogP contribution in [0.3, 0.4) is 0 Å². The normalized spacial score (nSPS) is 38.5. The molecule has 0 aromatic rings. The first-order valence-corrected chi connectivity index (χ1v) is 5.68. The zero-order valence-electron chi connectivity index (χ0n) is 9.52. The Labute approximate surface area is 86.6 Å². The van der Waals surface area contributed by atoms with Crippen LogP contribution in [0.4, 0.5) is 0 Å². The number of carbonyl (C=O) groups is 1. The van der Waals surface area contributed by atoms with Crippen LogP contribution < -0.4 is 0 Å². The lowest BCUT2D eigenvalue weighted by atomic mass is 9.59. The van der Waals surface area contributed by atoms with E-state index >= 15 is 0 Å². The Hall–Kier alpha value is -0.590. The van der Waals surface area contributed by atoms with Gasteiger partial charge in [-0.2, -0.15) is 0 Å².